The number of hydrogen-bond acceptors (Lipinski definition) is 5. The second kappa shape index (κ2) is 7.77. The fourth-order valence-corrected chi connectivity index (χ4v) is 2.65. The molecule has 0 bridgehead atoms. The molecule has 2 amide bonds. The van der Waals surface area contributed by atoms with Gasteiger partial charge < -0.3 is 15.8 Å². The van der Waals surface area contributed by atoms with Gasteiger partial charge in [0.1, 0.15) is 5.75 Å². The third-order valence-corrected chi connectivity index (χ3v) is 4.60. The Morgan fingerprint density at radius 3 is 2.40 bits per heavy atom. The lowest BCUT2D eigenvalue weighted by molar-refractivity contribution is -0.119. The van der Waals surface area contributed by atoms with Crippen LogP contribution in [0.4, 0.5) is 5.69 Å². The molecule has 0 saturated heterocycles. The lowest BCUT2D eigenvalue weighted by Crippen LogP contribution is -2.20. The van der Waals surface area contributed by atoms with Crippen molar-refractivity contribution in [3.8, 4) is 5.75 Å². The molecule has 4 N–H and O–H groups in total. The van der Waals surface area contributed by atoms with Crippen molar-refractivity contribution in [1.82, 2.24) is 4.72 Å². The molecule has 0 spiro atoms. The summed E-state index contributed by atoms with van der Waals surface area (Å²) in [5.41, 5.74) is 5.75. The van der Waals surface area contributed by atoms with Crippen LogP contribution in [0, 0.1) is 0 Å². The maximum Gasteiger partial charge on any atom is 0.255 e. The molecule has 0 aliphatic heterocycles. The van der Waals surface area contributed by atoms with Crippen LogP contribution in [0.25, 0.3) is 0 Å². The molecule has 132 valence electrons. The Morgan fingerprint density at radius 1 is 1.12 bits per heavy atom. The molecule has 25 heavy (non-hydrogen) atoms. The minimum atomic E-state index is -3.55. The minimum absolute atomic E-state index is 0.0633. The molecular formula is C16H17N3O5S. The van der Waals surface area contributed by atoms with E-state index < -0.39 is 21.8 Å². The number of sulfonamides is 1. The monoisotopic (exact) mass is 363 g/mol. The summed E-state index contributed by atoms with van der Waals surface area (Å²) >= 11 is 0. The first-order valence-corrected chi connectivity index (χ1v) is 8.66. The molecule has 0 unspecified atom stereocenters. The third kappa shape index (κ3) is 5.03. The Balaban J connectivity index is 2.09. The van der Waals surface area contributed by atoms with E-state index in [-0.39, 0.29) is 11.5 Å². The topological polar surface area (TPSA) is 128 Å². The lowest BCUT2D eigenvalue weighted by atomic mass is 10.2. The van der Waals surface area contributed by atoms with Crippen LogP contribution in [0.5, 0.6) is 5.75 Å². The number of rotatable bonds is 7. The zero-order valence-corrected chi connectivity index (χ0v) is 14.2. The number of benzene rings is 2. The number of carbonyl (C=O) groups excluding carboxylic acids is 2. The first-order valence-electron chi connectivity index (χ1n) is 7.18. The number of anilines is 1. The molecule has 0 atom stereocenters. The van der Waals surface area contributed by atoms with Gasteiger partial charge in [-0.15, -0.1) is 0 Å². The zero-order chi connectivity index (χ0) is 18.4. The highest BCUT2D eigenvalue weighted by atomic mass is 32.2. The summed E-state index contributed by atoms with van der Waals surface area (Å²) in [6.45, 7) is -0.265. The Labute approximate surface area is 145 Å². The van der Waals surface area contributed by atoms with Crippen molar-refractivity contribution in [2.45, 2.75) is 4.90 Å². The van der Waals surface area contributed by atoms with Gasteiger partial charge in [0, 0.05) is 17.3 Å². The fourth-order valence-electron chi connectivity index (χ4n) is 1.92. The fraction of sp³-hybridized carbons (Fsp3) is 0.125. The molecule has 0 aromatic heterocycles. The SMILES string of the molecule is CNS(=O)(=O)c1ccc(C(=O)Nc2cccc(OCC(N)=O)c2)cc1. The van der Waals surface area contributed by atoms with Crippen molar-refractivity contribution in [2.75, 3.05) is 19.0 Å². The third-order valence-electron chi connectivity index (χ3n) is 3.17. The van der Waals surface area contributed by atoms with Gasteiger partial charge in [-0.1, -0.05) is 6.07 Å². The predicted molar refractivity (Wildman–Crippen MR) is 91.8 cm³/mol. The van der Waals surface area contributed by atoms with Crippen LogP contribution < -0.4 is 20.5 Å². The van der Waals surface area contributed by atoms with Crippen molar-refractivity contribution >= 4 is 27.5 Å². The van der Waals surface area contributed by atoms with Crippen LogP contribution in [0.2, 0.25) is 0 Å². The Morgan fingerprint density at radius 2 is 1.80 bits per heavy atom. The molecule has 8 nitrogen and oxygen atoms in total. The van der Waals surface area contributed by atoms with E-state index in [1.807, 2.05) is 0 Å². The summed E-state index contributed by atoms with van der Waals surface area (Å²) < 4.78 is 30.7. The van der Waals surface area contributed by atoms with Gasteiger partial charge in [-0.3, -0.25) is 9.59 Å². The van der Waals surface area contributed by atoms with Crippen LogP contribution in [0.1, 0.15) is 10.4 Å². The van der Waals surface area contributed by atoms with Crippen LogP contribution in [-0.4, -0.2) is 33.9 Å². The van der Waals surface area contributed by atoms with E-state index in [4.69, 9.17) is 10.5 Å². The van der Waals surface area contributed by atoms with E-state index in [0.29, 0.717) is 17.0 Å². The number of hydrogen-bond donors (Lipinski definition) is 3. The second-order valence-corrected chi connectivity index (χ2v) is 6.86. The maximum atomic E-state index is 12.2. The average Bonchev–Trinajstić information content (AvgIpc) is 2.60. The van der Waals surface area contributed by atoms with E-state index in [0.717, 1.165) is 0 Å². The van der Waals surface area contributed by atoms with Gasteiger partial charge in [-0.05, 0) is 43.4 Å². The van der Waals surface area contributed by atoms with Crippen molar-refractivity contribution in [1.29, 1.82) is 0 Å². The Hall–Kier alpha value is -2.91. The van der Waals surface area contributed by atoms with E-state index in [1.165, 1.54) is 31.3 Å². The van der Waals surface area contributed by atoms with Crippen molar-refractivity contribution < 1.29 is 22.7 Å². The van der Waals surface area contributed by atoms with Crippen molar-refractivity contribution in [3.05, 3.63) is 54.1 Å². The number of ether oxygens (including phenoxy) is 1. The van der Waals surface area contributed by atoms with Crippen molar-refractivity contribution in [3.63, 3.8) is 0 Å². The van der Waals surface area contributed by atoms with Gasteiger partial charge >= 0.3 is 0 Å². The van der Waals surface area contributed by atoms with Gasteiger partial charge in [-0.25, -0.2) is 13.1 Å². The molecule has 0 radical (unpaired) electrons. The van der Waals surface area contributed by atoms with E-state index >= 15 is 0 Å². The number of amides is 2. The van der Waals surface area contributed by atoms with E-state index in [1.54, 1.807) is 24.3 Å². The Bertz CT molecular complexity index is 879. The first kappa shape index (κ1) is 18.4. The lowest BCUT2D eigenvalue weighted by Gasteiger charge is -2.09. The molecular weight excluding hydrogens is 346 g/mol. The number of primary amides is 1. The Kier molecular flexibility index (Phi) is 5.73. The highest BCUT2D eigenvalue weighted by molar-refractivity contribution is 7.89. The summed E-state index contributed by atoms with van der Waals surface area (Å²) in [5, 5.41) is 2.66. The summed E-state index contributed by atoms with van der Waals surface area (Å²) in [5.74, 6) is -0.640. The zero-order valence-electron chi connectivity index (χ0n) is 13.4. The largest absolute Gasteiger partial charge is 0.484 e. The van der Waals surface area contributed by atoms with Gasteiger partial charge in [0.2, 0.25) is 10.0 Å². The van der Waals surface area contributed by atoms with Gasteiger partial charge in [0.15, 0.2) is 6.61 Å². The molecule has 0 fully saturated rings. The number of nitrogens with two attached hydrogens (primary N) is 1. The molecule has 2 aromatic carbocycles. The maximum absolute atomic E-state index is 12.2. The standard InChI is InChI=1S/C16H17N3O5S/c1-18-25(22,23)14-7-5-11(6-8-14)16(21)19-12-3-2-4-13(9-12)24-10-15(17)20/h2-9,18H,10H2,1H3,(H2,17,20)(H,19,21). The van der Waals surface area contributed by atoms with Crippen LogP contribution in [0.3, 0.4) is 0 Å². The van der Waals surface area contributed by atoms with E-state index in [2.05, 4.69) is 10.0 Å². The smallest absolute Gasteiger partial charge is 0.255 e. The summed E-state index contributed by atoms with van der Waals surface area (Å²) in [7, 11) is -2.25. The molecule has 0 aliphatic carbocycles. The molecule has 2 rings (SSSR count). The highest BCUT2D eigenvalue weighted by Gasteiger charge is 2.13. The minimum Gasteiger partial charge on any atom is -0.484 e. The van der Waals surface area contributed by atoms with Crippen LogP contribution >= 0.6 is 0 Å². The van der Waals surface area contributed by atoms with Crippen molar-refractivity contribution in [2.24, 2.45) is 5.73 Å². The van der Waals surface area contributed by atoms with Gasteiger partial charge in [0.25, 0.3) is 11.8 Å². The quantitative estimate of drug-likeness (QED) is 0.667. The summed E-state index contributed by atoms with van der Waals surface area (Å²) in [4.78, 5) is 23.0. The van der Waals surface area contributed by atoms with Crippen LogP contribution in [0.15, 0.2) is 53.4 Å². The first-order chi connectivity index (χ1) is 11.8. The molecule has 0 saturated carbocycles. The molecule has 9 heteroatoms. The van der Waals surface area contributed by atoms with Gasteiger partial charge in [-0.2, -0.15) is 0 Å². The normalized spacial score (nSPS) is 10.9. The molecule has 0 aliphatic rings. The average molecular weight is 363 g/mol. The van der Waals surface area contributed by atoms with E-state index in [9.17, 15) is 18.0 Å². The van der Waals surface area contributed by atoms with Gasteiger partial charge in [0.05, 0.1) is 4.90 Å². The predicted octanol–water partition coefficient (Wildman–Crippen LogP) is 0.711. The molecule has 0 heterocycles. The number of carbonyl (C=O) groups is 2. The summed E-state index contributed by atoms with van der Waals surface area (Å²) in [6, 6.07) is 12.0. The highest BCUT2D eigenvalue weighted by Crippen LogP contribution is 2.18. The second-order valence-electron chi connectivity index (χ2n) is 4.97. The molecule has 2 aromatic rings. The summed E-state index contributed by atoms with van der Waals surface area (Å²) in [6.07, 6.45) is 0. The van der Waals surface area contributed by atoms with Crippen LogP contribution in [-0.2, 0) is 14.8 Å². The number of nitrogens with one attached hydrogen (secondary N) is 2.